The molecule has 4 nitrogen and oxygen atoms in total. The number of halogens is 1. The van der Waals surface area contributed by atoms with E-state index in [9.17, 15) is 10.1 Å². The fraction of sp³-hybridized carbons (Fsp3) is 0.143. The summed E-state index contributed by atoms with van der Waals surface area (Å²) in [7, 11) is 0. The minimum atomic E-state index is -0.382. The molecule has 0 aliphatic rings. The highest BCUT2D eigenvalue weighted by atomic mass is 79.9. The summed E-state index contributed by atoms with van der Waals surface area (Å²) in [5.74, 6) is 0.660. The molecular weight excluding hydrogens is 340 g/mol. The number of thioether (sulfide) groups is 1. The Labute approximate surface area is 129 Å². The first kappa shape index (κ1) is 14.9. The Hall–Kier alpha value is -1.53. The second kappa shape index (κ2) is 6.28. The number of nitrogens with two attached hydrogens (primary N) is 1. The molecule has 0 spiro atoms. The van der Waals surface area contributed by atoms with E-state index in [0.29, 0.717) is 10.2 Å². The third-order valence-corrected chi connectivity index (χ3v) is 4.98. The zero-order chi connectivity index (χ0) is 14.7. The van der Waals surface area contributed by atoms with Crippen molar-refractivity contribution < 1.29 is 4.92 Å². The van der Waals surface area contributed by atoms with Gasteiger partial charge in [-0.3, -0.25) is 10.1 Å². The number of nitro benzene ring substituents is 1. The van der Waals surface area contributed by atoms with Gasteiger partial charge in [0.25, 0.3) is 5.69 Å². The fourth-order valence-electron chi connectivity index (χ4n) is 1.81. The maximum Gasteiger partial charge on any atom is 0.283 e. The van der Waals surface area contributed by atoms with E-state index in [-0.39, 0.29) is 10.6 Å². The van der Waals surface area contributed by atoms with E-state index < -0.39 is 0 Å². The van der Waals surface area contributed by atoms with Crippen LogP contribution in [0.1, 0.15) is 11.1 Å². The number of anilines is 1. The minimum absolute atomic E-state index is 0.0946. The average Bonchev–Trinajstić information content (AvgIpc) is 2.39. The molecule has 6 heteroatoms. The summed E-state index contributed by atoms with van der Waals surface area (Å²) in [5.41, 5.74) is 8.57. The number of benzene rings is 2. The van der Waals surface area contributed by atoms with Gasteiger partial charge in [-0.2, -0.15) is 0 Å². The zero-order valence-corrected chi connectivity index (χ0v) is 13.2. The molecule has 2 aromatic carbocycles. The first-order valence-corrected chi connectivity index (χ1v) is 7.67. The predicted molar refractivity (Wildman–Crippen MR) is 85.9 cm³/mol. The van der Waals surface area contributed by atoms with Crippen LogP contribution < -0.4 is 5.73 Å². The Morgan fingerprint density at radius 2 is 2.10 bits per heavy atom. The third-order valence-electron chi connectivity index (χ3n) is 2.84. The first-order valence-electron chi connectivity index (χ1n) is 5.89. The number of nitrogen functional groups attached to an aromatic ring is 1. The van der Waals surface area contributed by atoms with Crippen LogP contribution in [0.5, 0.6) is 0 Å². The lowest BCUT2D eigenvalue weighted by molar-refractivity contribution is -0.385. The van der Waals surface area contributed by atoms with Crippen molar-refractivity contribution in [2.24, 2.45) is 0 Å². The predicted octanol–water partition coefficient (Wildman–Crippen LogP) is 4.54. The molecule has 0 amide bonds. The Morgan fingerprint density at radius 1 is 1.35 bits per heavy atom. The van der Waals surface area contributed by atoms with E-state index in [1.165, 1.54) is 6.07 Å². The molecule has 0 heterocycles. The summed E-state index contributed by atoms with van der Waals surface area (Å²) in [4.78, 5) is 11.6. The fourth-order valence-corrected chi connectivity index (χ4v) is 3.55. The maximum absolute atomic E-state index is 10.9. The Bertz CT molecular complexity index is 662. The molecule has 0 aliphatic carbocycles. The number of rotatable bonds is 4. The van der Waals surface area contributed by atoms with Gasteiger partial charge in [0, 0.05) is 22.4 Å². The van der Waals surface area contributed by atoms with Crippen LogP contribution in [-0.2, 0) is 5.75 Å². The van der Waals surface area contributed by atoms with Crippen LogP contribution in [0.25, 0.3) is 0 Å². The highest BCUT2D eigenvalue weighted by molar-refractivity contribution is 9.10. The van der Waals surface area contributed by atoms with Crippen molar-refractivity contribution in [2.75, 3.05) is 5.73 Å². The SMILES string of the molecule is Cc1cc(N)ccc1SCc1cccc([N+](=O)[O-])c1Br. The number of hydrogen-bond donors (Lipinski definition) is 1. The molecule has 0 radical (unpaired) electrons. The molecule has 0 saturated carbocycles. The minimum Gasteiger partial charge on any atom is -0.399 e. The van der Waals surface area contributed by atoms with Gasteiger partial charge in [0.05, 0.1) is 9.40 Å². The van der Waals surface area contributed by atoms with Crippen LogP contribution in [0.15, 0.2) is 45.8 Å². The van der Waals surface area contributed by atoms with Crippen molar-refractivity contribution >= 4 is 39.1 Å². The van der Waals surface area contributed by atoms with Crippen molar-refractivity contribution in [1.29, 1.82) is 0 Å². The maximum atomic E-state index is 10.9. The van der Waals surface area contributed by atoms with Gasteiger partial charge >= 0.3 is 0 Å². The summed E-state index contributed by atoms with van der Waals surface area (Å²) >= 11 is 4.95. The van der Waals surface area contributed by atoms with Crippen molar-refractivity contribution in [3.63, 3.8) is 0 Å². The Balaban J connectivity index is 2.19. The Morgan fingerprint density at radius 3 is 2.75 bits per heavy atom. The van der Waals surface area contributed by atoms with Gasteiger partial charge in [-0.1, -0.05) is 12.1 Å². The topological polar surface area (TPSA) is 69.2 Å². The summed E-state index contributed by atoms with van der Waals surface area (Å²) in [6.07, 6.45) is 0. The largest absolute Gasteiger partial charge is 0.399 e. The van der Waals surface area contributed by atoms with Gasteiger partial charge in [0.2, 0.25) is 0 Å². The highest BCUT2D eigenvalue weighted by Crippen LogP contribution is 2.34. The van der Waals surface area contributed by atoms with Crippen LogP contribution in [0, 0.1) is 17.0 Å². The van der Waals surface area contributed by atoms with Crippen LogP contribution in [0.2, 0.25) is 0 Å². The molecular formula is C14H13BrN2O2S. The smallest absolute Gasteiger partial charge is 0.283 e. The summed E-state index contributed by atoms with van der Waals surface area (Å²) in [6, 6.07) is 10.8. The number of hydrogen-bond acceptors (Lipinski definition) is 4. The number of nitrogens with zero attached hydrogens (tertiary/aromatic N) is 1. The second-order valence-electron chi connectivity index (χ2n) is 4.32. The monoisotopic (exact) mass is 352 g/mol. The van der Waals surface area contributed by atoms with Gasteiger partial charge in [0.1, 0.15) is 0 Å². The molecule has 2 aromatic rings. The molecule has 0 aliphatic heterocycles. The van der Waals surface area contributed by atoms with Crippen LogP contribution in [-0.4, -0.2) is 4.92 Å². The molecule has 104 valence electrons. The molecule has 2 rings (SSSR count). The zero-order valence-electron chi connectivity index (χ0n) is 10.8. The van der Waals surface area contributed by atoms with Gasteiger partial charge < -0.3 is 5.73 Å². The van der Waals surface area contributed by atoms with Crippen LogP contribution >= 0.6 is 27.7 Å². The lowest BCUT2D eigenvalue weighted by atomic mass is 10.2. The van der Waals surface area contributed by atoms with Gasteiger partial charge in [0.15, 0.2) is 0 Å². The molecule has 20 heavy (non-hydrogen) atoms. The summed E-state index contributed by atoms with van der Waals surface area (Å²) < 4.78 is 0.547. The lowest BCUT2D eigenvalue weighted by Crippen LogP contribution is -1.93. The van der Waals surface area contributed by atoms with Crippen molar-refractivity contribution in [3.05, 3.63) is 62.1 Å². The molecule has 0 unspecified atom stereocenters. The van der Waals surface area contributed by atoms with Gasteiger partial charge in [-0.05, 0) is 52.2 Å². The summed E-state index contributed by atoms with van der Waals surface area (Å²) in [5, 5.41) is 10.9. The van der Waals surface area contributed by atoms with E-state index in [1.54, 1.807) is 17.8 Å². The van der Waals surface area contributed by atoms with Crippen molar-refractivity contribution in [1.82, 2.24) is 0 Å². The van der Waals surface area contributed by atoms with Crippen molar-refractivity contribution in [3.8, 4) is 0 Å². The average molecular weight is 353 g/mol. The molecule has 0 fully saturated rings. The normalized spacial score (nSPS) is 10.5. The van der Waals surface area contributed by atoms with Gasteiger partial charge in [-0.15, -0.1) is 11.8 Å². The molecule has 0 aromatic heterocycles. The van der Waals surface area contributed by atoms with E-state index in [2.05, 4.69) is 15.9 Å². The molecule has 0 bridgehead atoms. The number of aryl methyl sites for hydroxylation is 1. The van der Waals surface area contributed by atoms with E-state index in [0.717, 1.165) is 21.7 Å². The second-order valence-corrected chi connectivity index (χ2v) is 6.13. The first-order chi connectivity index (χ1) is 9.49. The van der Waals surface area contributed by atoms with E-state index >= 15 is 0 Å². The van der Waals surface area contributed by atoms with Crippen molar-refractivity contribution in [2.45, 2.75) is 17.6 Å². The molecule has 0 atom stereocenters. The van der Waals surface area contributed by atoms with E-state index in [1.807, 2.05) is 31.2 Å². The van der Waals surface area contributed by atoms with Gasteiger partial charge in [-0.25, -0.2) is 0 Å². The van der Waals surface area contributed by atoms with E-state index in [4.69, 9.17) is 5.73 Å². The highest BCUT2D eigenvalue weighted by Gasteiger charge is 2.14. The summed E-state index contributed by atoms with van der Waals surface area (Å²) in [6.45, 7) is 2.00. The number of nitro groups is 1. The van der Waals surface area contributed by atoms with Crippen LogP contribution in [0.3, 0.4) is 0 Å². The quantitative estimate of drug-likeness (QED) is 0.379. The lowest BCUT2D eigenvalue weighted by Gasteiger charge is -2.08. The third kappa shape index (κ3) is 3.32. The standard InChI is InChI=1S/C14H13BrN2O2S/c1-9-7-11(16)5-6-13(9)20-8-10-3-2-4-12(14(10)15)17(18)19/h2-7H,8,16H2,1H3. The van der Waals surface area contributed by atoms with Crippen LogP contribution in [0.4, 0.5) is 11.4 Å². The molecule has 0 saturated heterocycles. The Kier molecular flexibility index (Phi) is 4.67. The molecule has 2 N–H and O–H groups in total.